The third-order valence-corrected chi connectivity index (χ3v) is 4.13. The van der Waals surface area contributed by atoms with Gasteiger partial charge in [-0.25, -0.2) is 4.79 Å². The molecule has 0 unspecified atom stereocenters. The number of methoxy groups -OCH3 is 1. The molecule has 0 saturated carbocycles. The fraction of sp³-hybridized carbons (Fsp3) is 0.143. The van der Waals surface area contributed by atoms with Crippen LogP contribution in [0.4, 0.5) is 5.69 Å². The average molecular weight is 410 g/mol. The molecule has 0 aliphatic rings. The van der Waals surface area contributed by atoms with Crippen molar-refractivity contribution in [1.29, 1.82) is 0 Å². The van der Waals surface area contributed by atoms with Gasteiger partial charge in [-0.05, 0) is 42.0 Å². The Morgan fingerprint density at radius 2 is 1.87 bits per heavy atom. The molecule has 9 heteroatoms. The summed E-state index contributed by atoms with van der Waals surface area (Å²) in [5, 5.41) is 13.4. The molecule has 154 valence electrons. The summed E-state index contributed by atoms with van der Waals surface area (Å²) in [5.74, 6) is -0.314. The van der Waals surface area contributed by atoms with Crippen molar-refractivity contribution in [2.45, 2.75) is 6.54 Å². The summed E-state index contributed by atoms with van der Waals surface area (Å²) in [6.07, 6.45) is 0. The van der Waals surface area contributed by atoms with Gasteiger partial charge < -0.3 is 19.2 Å². The predicted octanol–water partition coefficient (Wildman–Crippen LogP) is 3.34. The van der Waals surface area contributed by atoms with Crippen LogP contribution in [0, 0.1) is 10.1 Å². The summed E-state index contributed by atoms with van der Waals surface area (Å²) < 4.78 is 15.5. The van der Waals surface area contributed by atoms with Gasteiger partial charge in [0.05, 0.1) is 12.0 Å². The van der Waals surface area contributed by atoms with Gasteiger partial charge in [0.1, 0.15) is 11.5 Å². The first-order valence-electron chi connectivity index (χ1n) is 8.87. The Labute approximate surface area is 171 Å². The van der Waals surface area contributed by atoms with E-state index in [1.807, 2.05) is 6.07 Å². The molecule has 1 amide bonds. The van der Waals surface area contributed by atoms with E-state index in [4.69, 9.17) is 13.9 Å². The number of esters is 1. The molecule has 1 aromatic heterocycles. The highest BCUT2D eigenvalue weighted by Gasteiger charge is 2.16. The van der Waals surface area contributed by atoms with Gasteiger partial charge in [-0.3, -0.25) is 14.9 Å². The van der Waals surface area contributed by atoms with Crippen molar-refractivity contribution in [3.8, 4) is 17.1 Å². The third kappa shape index (κ3) is 5.22. The first kappa shape index (κ1) is 20.6. The van der Waals surface area contributed by atoms with E-state index >= 15 is 0 Å². The Kier molecular flexibility index (Phi) is 6.43. The first-order chi connectivity index (χ1) is 14.5. The topological polar surface area (TPSA) is 121 Å². The number of nitro groups is 1. The third-order valence-electron chi connectivity index (χ3n) is 4.13. The molecule has 0 fully saturated rings. The molecule has 0 bridgehead atoms. The van der Waals surface area contributed by atoms with E-state index in [1.165, 1.54) is 30.3 Å². The van der Waals surface area contributed by atoms with Gasteiger partial charge in [0.2, 0.25) is 5.76 Å². The van der Waals surface area contributed by atoms with E-state index in [0.717, 1.165) is 5.56 Å². The number of ether oxygens (including phenoxy) is 2. The predicted molar refractivity (Wildman–Crippen MR) is 106 cm³/mol. The van der Waals surface area contributed by atoms with Gasteiger partial charge in [0.15, 0.2) is 6.61 Å². The second-order valence-corrected chi connectivity index (χ2v) is 6.17. The molecule has 9 nitrogen and oxygen atoms in total. The molecule has 0 atom stereocenters. The fourth-order valence-corrected chi connectivity index (χ4v) is 2.59. The maximum atomic E-state index is 12.1. The molecule has 3 rings (SSSR count). The highest BCUT2D eigenvalue weighted by Crippen LogP contribution is 2.24. The van der Waals surface area contributed by atoms with Crippen LogP contribution in [0.2, 0.25) is 0 Å². The summed E-state index contributed by atoms with van der Waals surface area (Å²) in [6, 6.07) is 15.9. The minimum absolute atomic E-state index is 0.0510. The van der Waals surface area contributed by atoms with Crippen molar-refractivity contribution in [3.05, 3.63) is 82.1 Å². The van der Waals surface area contributed by atoms with E-state index in [1.54, 1.807) is 31.4 Å². The molecule has 1 N–H and O–H groups in total. The Hall–Kier alpha value is -4.14. The number of hydrogen-bond acceptors (Lipinski definition) is 7. The number of non-ortho nitro benzene ring substituents is 1. The van der Waals surface area contributed by atoms with Gasteiger partial charge in [-0.15, -0.1) is 0 Å². The molecule has 1 heterocycles. The number of carbonyl (C=O) groups is 2. The second-order valence-electron chi connectivity index (χ2n) is 6.17. The lowest BCUT2D eigenvalue weighted by atomic mass is 10.1. The van der Waals surface area contributed by atoms with Crippen LogP contribution in [0.1, 0.15) is 16.1 Å². The lowest BCUT2D eigenvalue weighted by molar-refractivity contribution is -0.384. The van der Waals surface area contributed by atoms with Gasteiger partial charge in [-0.2, -0.15) is 0 Å². The smallest absolute Gasteiger partial charge is 0.374 e. The van der Waals surface area contributed by atoms with Crippen LogP contribution in [-0.4, -0.2) is 30.5 Å². The van der Waals surface area contributed by atoms with Crippen LogP contribution in [0.5, 0.6) is 5.75 Å². The summed E-state index contributed by atoms with van der Waals surface area (Å²) >= 11 is 0. The van der Waals surface area contributed by atoms with Crippen molar-refractivity contribution >= 4 is 17.6 Å². The Morgan fingerprint density at radius 3 is 2.57 bits per heavy atom. The molecule has 0 aliphatic heterocycles. The number of amides is 1. The molecular weight excluding hydrogens is 392 g/mol. The standard InChI is InChI=1S/C21H18N2O7/c1-28-17-4-2-3-14(11-17)12-22-20(24)13-29-21(25)19-10-9-18(30-19)15-5-7-16(8-6-15)23(26)27/h2-11H,12-13H2,1H3,(H,22,24). The minimum atomic E-state index is -0.792. The number of nitro benzene ring substituents is 1. The van der Waals surface area contributed by atoms with E-state index in [9.17, 15) is 19.7 Å². The van der Waals surface area contributed by atoms with Crippen LogP contribution in [0.25, 0.3) is 11.3 Å². The zero-order valence-corrected chi connectivity index (χ0v) is 16.0. The number of nitrogens with one attached hydrogen (secondary N) is 1. The molecule has 0 aliphatic carbocycles. The lowest BCUT2D eigenvalue weighted by Gasteiger charge is -2.07. The SMILES string of the molecule is COc1cccc(CNC(=O)COC(=O)c2ccc(-c3ccc([N+](=O)[O-])cc3)o2)c1. The summed E-state index contributed by atoms with van der Waals surface area (Å²) in [5.41, 5.74) is 1.35. The van der Waals surface area contributed by atoms with E-state index < -0.39 is 23.4 Å². The van der Waals surface area contributed by atoms with Crippen LogP contribution in [0.15, 0.2) is 65.1 Å². The monoisotopic (exact) mass is 410 g/mol. The van der Waals surface area contributed by atoms with E-state index in [-0.39, 0.29) is 18.0 Å². The zero-order chi connectivity index (χ0) is 21.5. The van der Waals surface area contributed by atoms with E-state index in [2.05, 4.69) is 5.32 Å². The van der Waals surface area contributed by atoms with Crippen LogP contribution >= 0.6 is 0 Å². The number of hydrogen-bond donors (Lipinski definition) is 1. The maximum Gasteiger partial charge on any atom is 0.374 e. The highest BCUT2D eigenvalue weighted by atomic mass is 16.6. The number of carbonyl (C=O) groups excluding carboxylic acids is 2. The average Bonchev–Trinajstić information content (AvgIpc) is 3.26. The number of furan rings is 1. The second kappa shape index (κ2) is 9.37. The number of rotatable bonds is 8. The summed E-state index contributed by atoms with van der Waals surface area (Å²) in [6.45, 7) is -0.199. The first-order valence-corrected chi connectivity index (χ1v) is 8.87. The molecule has 3 aromatic rings. The minimum Gasteiger partial charge on any atom is -0.497 e. The van der Waals surface area contributed by atoms with Crippen molar-refractivity contribution in [2.24, 2.45) is 0 Å². The van der Waals surface area contributed by atoms with Crippen molar-refractivity contribution < 1.29 is 28.4 Å². The van der Waals surface area contributed by atoms with Crippen LogP contribution < -0.4 is 10.1 Å². The van der Waals surface area contributed by atoms with Gasteiger partial charge in [0.25, 0.3) is 11.6 Å². The summed E-state index contributed by atoms with van der Waals surface area (Å²) in [7, 11) is 1.55. The number of nitrogens with zero attached hydrogens (tertiary/aromatic N) is 1. The number of benzene rings is 2. The van der Waals surface area contributed by atoms with Crippen molar-refractivity contribution in [1.82, 2.24) is 5.32 Å². The molecule has 0 saturated heterocycles. The van der Waals surface area contributed by atoms with E-state index in [0.29, 0.717) is 17.1 Å². The Morgan fingerprint density at radius 1 is 1.10 bits per heavy atom. The molecule has 30 heavy (non-hydrogen) atoms. The largest absolute Gasteiger partial charge is 0.497 e. The van der Waals surface area contributed by atoms with Crippen LogP contribution in [0.3, 0.4) is 0 Å². The van der Waals surface area contributed by atoms with Gasteiger partial charge in [-0.1, -0.05) is 12.1 Å². The van der Waals surface area contributed by atoms with Crippen molar-refractivity contribution in [2.75, 3.05) is 13.7 Å². The normalized spacial score (nSPS) is 10.3. The van der Waals surface area contributed by atoms with Crippen molar-refractivity contribution in [3.63, 3.8) is 0 Å². The Balaban J connectivity index is 1.51. The zero-order valence-electron chi connectivity index (χ0n) is 16.0. The van der Waals surface area contributed by atoms with Gasteiger partial charge >= 0.3 is 5.97 Å². The Bertz CT molecular complexity index is 1060. The molecule has 2 aromatic carbocycles. The highest BCUT2D eigenvalue weighted by molar-refractivity contribution is 5.89. The quantitative estimate of drug-likeness (QED) is 0.343. The molecule has 0 radical (unpaired) electrons. The summed E-state index contributed by atoms with van der Waals surface area (Å²) in [4.78, 5) is 34.2. The molecular formula is C21H18N2O7. The van der Waals surface area contributed by atoms with Crippen LogP contribution in [-0.2, 0) is 16.1 Å². The molecule has 0 spiro atoms. The van der Waals surface area contributed by atoms with Gasteiger partial charge in [0, 0.05) is 24.2 Å². The maximum absolute atomic E-state index is 12.1. The lowest BCUT2D eigenvalue weighted by Crippen LogP contribution is -2.28. The fourth-order valence-electron chi connectivity index (χ4n) is 2.59.